The molecule has 0 atom stereocenters. The molecule has 0 heterocycles. The van der Waals surface area contributed by atoms with Gasteiger partial charge in [0.05, 0.1) is 0 Å². The van der Waals surface area contributed by atoms with E-state index in [1.807, 2.05) is 0 Å². The van der Waals surface area contributed by atoms with Gasteiger partial charge in [0.2, 0.25) is 0 Å². The Morgan fingerprint density at radius 2 is 2.25 bits per heavy atom. The van der Waals surface area contributed by atoms with E-state index in [0.717, 1.165) is 19.4 Å². The van der Waals surface area contributed by atoms with Crippen molar-refractivity contribution in [3.8, 4) is 0 Å². The van der Waals surface area contributed by atoms with E-state index in [2.05, 4.69) is 23.5 Å². The standard InChI is InChI=1S/C9H17N3/c1-4-5-6-12-9(10)8(2)7-11-3/h7H,2,4-6H2,1,3H3,(H2,10,12). The largest absolute Gasteiger partial charge is 0.383 e. The number of unbranched alkanes of at least 4 members (excludes halogenated alkanes) is 1. The molecule has 2 N–H and O–H groups in total. The van der Waals surface area contributed by atoms with Gasteiger partial charge in [0, 0.05) is 25.4 Å². The Balaban J connectivity index is 3.91. The summed E-state index contributed by atoms with van der Waals surface area (Å²) in [6.07, 6.45) is 3.81. The first-order chi connectivity index (χ1) is 5.72. The van der Waals surface area contributed by atoms with E-state index in [0.29, 0.717) is 11.4 Å². The molecule has 0 saturated carbocycles. The Labute approximate surface area is 74.1 Å². The first kappa shape index (κ1) is 10.9. The van der Waals surface area contributed by atoms with Crippen molar-refractivity contribution in [3.63, 3.8) is 0 Å². The maximum atomic E-state index is 5.60. The van der Waals surface area contributed by atoms with Crippen molar-refractivity contribution in [1.29, 1.82) is 0 Å². The summed E-state index contributed by atoms with van der Waals surface area (Å²) >= 11 is 0. The van der Waals surface area contributed by atoms with E-state index in [-0.39, 0.29) is 0 Å². The van der Waals surface area contributed by atoms with Crippen molar-refractivity contribution < 1.29 is 0 Å². The molecule has 3 nitrogen and oxygen atoms in total. The Hall–Kier alpha value is -1.12. The number of hydrogen-bond donors (Lipinski definition) is 1. The number of aliphatic imine (C=N–C) groups is 2. The highest BCUT2D eigenvalue weighted by atomic mass is 14.9. The molecule has 0 unspecified atom stereocenters. The fraction of sp³-hybridized carbons (Fsp3) is 0.556. The number of nitrogens with zero attached hydrogens (tertiary/aromatic N) is 2. The van der Waals surface area contributed by atoms with E-state index in [1.165, 1.54) is 0 Å². The van der Waals surface area contributed by atoms with Crippen LogP contribution in [-0.2, 0) is 0 Å². The predicted molar refractivity (Wildman–Crippen MR) is 55.0 cm³/mol. The minimum absolute atomic E-state index is 0.494. The third-order valence-corrected chi connectivity index (χ3v) is 1.41. The molecule has 0 radical (unpaired) electrons. The molecule has 0 rings (SSSR count). The summed E-state index contributed by atoms with van der Waals surface area (Å²) in [5, 5.41) is 0. The van der Waals surface area contributed by atoms with Gasteiger partial charge in [0.1, 0.15) is 5.84 Å². The molecule has 0 aromatic heterocycles. The summed E-state index contributed by atoms with van der Waals surface area (Å²) in [7, 11) is 1.69. The SMILES string of the molecule is C=C(C=NC)C(N)=NCCCC. The molecule has 0 aliphatic carbocycles. The van der Waals surface area contributed by atoms with E-state index >= 15 is 0 Å². The molecule has 0 aliphatic rings. The van der Waals surface area contributed by atoms with Gasteiger partial charge in [0.25, 0.3) is 0 Å². The van der Waals surface area contributed by atoms with Crippen LogP contribution < -0.4 is 5.73 Å². The summed E-state index contributed by atoms with van der Waals surface area (Å²) in [6, 6.07) is 0. The quantitative estimate of drug-likeness (QED) is 0.375. The first-order valence-electron chi connectivity index (χ1n) is 4.13. The molecular formula is C9H17N3. The lowest BCUT2D eigenvalue weighted by Crippen LogP contribution is -2.15. The Morgan fingerprint density at radius 3 is 2.75 bits per heavy atom. The highest BCUT2D eigenvalue weighted by Gasteiger charge is 1.93. The molecule has 0 fully saturated rings. The number of rotatable bonds is 5. The van der Waals surface area contributed by atoms with E-state index in [1.54, 1.807) is 13.3 Å². The monoisotopic (exact) mass is 167 g/mol. The molecule has 0 aromatic carbocycles. The Bertz CT molecular complexity index is 192. The third kappa shape index (κ3) is 4.66. The van der Waals surface area contributed by atoms with Crippen LogP contribution in [0.4, 0.5) is 0 Å². The normalized spacial score (nSPS) is 12.3. The molecule has 0 bridgehead atoms. The summed E-state index contributed by atoms with van der Waals surface area (Å²) in [6.45, 7) is 6.61. The summed E-state index contributed by atoms with van der Waals surface area (Å²) in [5.41, 5.74) is 6.29. The highest BCUT2D eigenvalue weighted by Crippen LogP contribution is 1.90. The summed E-state index contributed by atoms with van der Waals surface area (Å²) in [5.74, 6) is 0.494. The molecule has 0 spiro atoms. The minimum Gasteiger partial charge on any atom is -0.383 e. The Morgan fingerprint density at radius 1 is 1.58 bits per heavy atom. The number of nitrogens with two attached hydrogens (primary N) is 1. The topological polar surface area (TPSA) is 50.7 Å². The van der Waals surface area contributed by atoms with Crippen LogP contribution in [0.1, 0.15) is 19.8 Å². The highest BCUT2D eigenvalue weighted by molar-refractivity contribution is 6.13. The van der Waals surface area contributed by atoms with Gasteiger partial charge in [-0.3, -0.25) is 9.98 Å². The lowest BCUT2D eigenvalue weighted by molar-refractivity contribution is 0.807. The molecule has 0 saturated heterocycles. The van der Waals surface area contributed by atoms with Crippen LogP contribution in [0.2, 0.25) is 0 Å². The van der Waals surface area contributed by atoms with Gasteiger partial charge in [-0.1, -0.05) is 19.9 Å². The summed E-state index contributed by atoms with van der Waals surface area (Å²) < 4.78 is 0. The molecule has 0 aliphatic heterocycles. The molecular weight excluding hydrogens is 150 g/mol. The van der Waals surface area contributed by atoms with Gasteiger partial charge in [-0.15, -0.1) is 0 Å². The first-order valence-corrected chi connectivity index (χ1v) is 4.13. The third-order valence-electron chi connectivity index (χ3n) is 1.41. The van der Waals surface area contributed by atoms with Crippen LogP contribution in [0.15, 0.2) is 22.1 Å². The molecule has 0 amide bonds. The van der Waals surface area contributed by atoms with Gasteiger partial charge < -0.3 is 5.73 Å². The van der Waals surface area contributed by atoms with Crippen LogP contribution in [0.5, 0.6) is 0 Å². The lowest BCUT2D eigenvalue weighted by Gasteiger charge is -1.97. The lowest BCUT2D eigenvalue weighted by atomic mass is 10.3. The van der Waals surface area contributed by atoms with E-state index in [4.69, 9.17) is 5.73 Å². The van der Waals surface area contributed by atoms with Gasteiger partial charge in [0.15, 0.2) is 0 Å². The van der Waals surface area contributed by atoms with E-state index in [9.17, 15) is 0 Å². The van der Waals surface area contributed by atoms with Gasteiger partial charge in [-0.05, 0) is 6.42 Å². The van der Waals surface area contributed by atoms with Crippen molar-refractivity contribution in [3.05, 3.63) is 12.2 Å². The zero-order valence-electron chi connectivity index (χ0n) is 7.88. The molecule has 3 heteroatoms. The molecule has 68 valence electrons. The minimum atomic E-state index is 0.494. The van der Waals surface area contributed by atoms with E-state index < -0.39 is 0 Å². The second-order valence-corrected chi connectivity index (χ2v) is 2.53. The van der Waals surface area contributed by atoms with Crippen molar-refractivity contribution in [2.24, 2.45) is 15.7 Å². The zero-order chi connectivity index (χ0) is 9.40. The van der Waals surface area contributed by atoms with Crippen LogP contribution in [0.3, 0.4) is 0 Å². The van der Waals surface area contributed by atoms with Gasteiger partial charge in [-0.2, -0.15) is 0 Å². The molecule has 0 aromatic rings. The van der Waals surface area contributed by atoms with Crippen LogP contribution in [0.25, 0.3) is 0 Å². The summed E-state index contributed by atoms with van der Waals surface area (Å²) in [4.78, 5) is 7.94. The molecule has 12 heavy (non-hydrogen) atoms. The van der Waals surface area contributed by atoms with Gasteiger partial charge in [-0.25, -0.2) is 0 Å². The van der Waals surface area contributed by atoms with Crippen molar-refractivity contribution in [2.45, 2.75) is 19.8 Å². The van der Waals surface area contributed by atoms with Crippen LogP contribution in [0, 0.1) is 0 Å². The number of hydrogen-bond acceptors (Lipinski definition) is 2. The van der Waals surface area contributed by atoms with Crippen molar-refractivity contribution in [2.75, 3.05) is 13.6 Å². The average molecular weight is 167 g/mol. The smallest absolute Gasteiger partial charge is 0.126 e. The number of amidine groups is 1. The maximum absolute atomic E-state index is 5.60. The van der Waals surface area contributed by atoms with Crippen molar-refractivity contribution >= 4 is 12.1 Å². The fourth-order valence-electron chi connectivity index (χ4n) is 0.681. The van der Waals surface area contributed by atoms with Crippen molar-refractivity contribution in [1.82, 2.24) is 0 Å². The van der Waals surface area contributed by atoms with Gasteiger partial charge >= 0.3 is 0 Å². The second kappa shape index (κ2) is 6.58. The fourth-order valence-corrected chi connectivity index (χ4v) is 0.681. The van der Waals surface area contributed by atoms with Crippen LogP contribution in [-0.4, -0.2) is 25.6 Å². The average Bonchev–Trinajstić information content (AvgIpc) is 2.05. The maximum Gasteiger partial charge on any atom is 0.126 e. The zero-order valence-corrected chi connectivity index (χ0v) is 7.88. The second-order valence-electron chi connectivity index (χ2n) is 2.53. The van der Waals surface area contributed by atoms with Crippen LogP contribution >= 0.6 is 0 Å². The predicted octanol–water partition coefficient (Wildman–Crippen LogP) is 1.40. The Kier molecular flexibility index (Phi) is 5.97.